The van der Waals surface area contributed by atoms with Crippen LogP contribution in [0.3, 0.4) is 0 Å². The second-order valence-electron chi connectivity index (χ2n) is 4.62. The quantitative estimate of drug-likeness (QED) is 0.848. The predicted octanol–water partition coefficient (Wildman–Crippen LogP) is 2.95. The highest BCUT2D eigenvalue weighted by Crippen LogP contribution is 2.41. The summed E-state index contributed by atoms with van der Waals surface area (Å²) in [7, 11) is 1.83. The molecule has 2 N–H and O–H groups in total. The molecular formula is C14H21NO. The molecule has 0 bridgehead atoms. The second kappa shape index (κ2) is 4.98. The molecule has 0 atom stereocenters. The van der Waals surface area contributed by atoms with Crippen LogP contribution < -0.4 is 5.73 Å². The summed E-state index contributed by atoms with van der Waals surface area (Å²) in [5.74, 6) is 0. The summed E-state index contributed by atoms with van der Waals surface area (Å²) in [6.07, 6.45) is 6.09. The lowest BCUT2D eigenvalue weighted by Gasteiger charge is -2.37. The summed E-state index contributed by atoms with van der Waals surface area (Å²) in [5, 5.41) is 0. The number of benzene rings is 1. The molecule has 2 heteroatoms. The van der Waals surface area contributed by atoms with Gasteiger partial charge in [-0.3, -0.25) is 0 Å². The highest BCUT2D eigenvalue weighted by molar-refractivity contribution is 5.33. The molecule has 2 nitrogen and oxygen atoms in total. The van der Waals surface area contributed by atoms with E-state index in [0.717, 1.165) is 12.8 Å². The molecule has 1 aromatic carbocycles. The third-order valence-corrected chi connectivity index (χ3v) is 3.78. The van der Waals surface area contributed by atoms with Crippen LogP contribution in [0.25, 0.3) is 0 Å². The third-order valence-electron chi connectivity index (χ3n) is 3.78. The van der Waals surface area contributed by atoms with Crippen molar-refractivity contribution >= 4 is 0 Å². The standard InChI is InChI=1S/C14H21NO/c1-16-14(9-5-2-6-10-14)13-8-4-3-7-12(13)11-15/h3-4,7-8H,2,5-6,9-11,15H2,1H3. The van der Waals surface area contributed by atoms with Crippen LogP contribution in [0, 0.1) is 0 Å². The van der Waals surface area contributed by atoms with Crippen molar-refractivity contribution in [2.24, 2.45) is 5.73 Å². The number of methoxy groups -OCH3 is 1. The van der Waals surface area contributed by atoms with Gasteiger partial charge < -0.3 is 10.5 Å². The van der Waals surface area contributed by atoms with Gasteiger partial charge in [0.05, 0.1) is 5.60 Å². The first-order chi connectivity index (χ1) is 7.82. The fourth-order valence-corrected chi connectivity index (χ4v) is 2.85. The zero-order valence-electron chi connectivity index (χ0n) is 10.0. The van der Waals surface area contributed by atoms with E-state index in [1.807, 2.05) is 7.11 Å². The van der Waals surface area contributed by atoms with Crippen molar-refractivity contribution in [3.05, 3.63) is 35.4 Å². The van der Waals surface area contributed by atoms with E-state index in [0.29, 0.717) is 6.54 Å². The Hall–Kier alpha value is -0.860. The van der Waals surface area contributed by atoms with E-state index in [-0.39, 0.29) is 5.60 Å². The van der Waals surface area contributed by atoms with E-state index in [9.17, 15) is 0 Å². The number of hydrogen-bond donors (Lipinski definition) is 1. The first-order valence-electron chi connectivity index (χ1n) is 6.16. The van der Waals surface area contributed by atoms with Gasteiger partial charge in [-0.2, -0.15) is 0 Å². The van der Waals surface area contributed by atoms with Gasteiger partial charge in [0.25, 0.3) is 0 Å². The summed E-state index contributed by atoms with van der Waals surface area (Å²) < 4.78 is 5.85. The van der Waals surface area contributed by atoms with Crippen molar-refractivity contribution in [3.8, 4) is 0 Å². The Bertz CT molecular complexity index is 342. The van der Waals surface area contributed by atoms with Crippen LogP contribution in [0.2, 0.25) is 0 Å². The van der Waals surface area contributed by atoms with Gasteiger partial charge in [-0.1, -0.05) is 43.5 Å². The average Bonchev–Trinajstić information content (AvgIpc) is 2.39. The van der Waals surface area contributed by atoms with Crippen molar-refractivity contribution < 1.29 is 4.74 Å². The molecule has 2 rings (SSSR count). The van der Waals surface area contributed by atoms with Crippen LogP contribution in [0.5, 0.6) is 0 Å². The van der Waals surface area contributed by atoms with Gasteiger partial charge in [0.15, 0.2) is 0 Å². The Balaban J connectivity index is 2.38. The molecule has 0 radical (unpaired) electrons. The summed E-state index contributed by atoms with van der Waals surface area (Å²) in [6.45, 7) is 0.598. The minimum absolute atomic E-state index is 0.0752. The summed E-state index contributed by atoms with van der Waals surface area (Å²) in [6, 6.07) is 8.43. The lowest BCUT2D eigenvalue weighted by Crippen LogP contribution is -2.32. The van der Waals surface area contributed by atoms with Gasteiger partial charge in [-0.25, -0.2) is 0 Å². The summed E-state index contributed by atoms with van der Waals surface area (Å²) in [5.41, 5.74) is 8.27. The second-order valence-corrected chi connectivity index (χ2v) is 4.62. The maximum atomic E-state index is 5.85. The van der Waals surface area contributed by atoms with E-state index >= 15 is 0 Å². The fourth-order valence-electron chi connectivity index (χ4n) is 2.85. The number of nitrogens with two attached hydrogens (primary N) is 1. The van der Waals surface area contributed by atoms with E-state index in [2.05, 4.69) is 24.3 Å². The molecule has 0 aromatic heterocycles. The van der Waals surface area contributed by atoms with E-state index in [4.69, 9.17) is 10.5 Å². The molecule has 1 fully saturated rings. The average molecular weight is 219 g/mol. The first kappa shape index (κ1) is 11.6. The number of hydrogen-bond acceptors (Lipinski definition) is 2. The van der Waals surface area contributed by atoms with Gasteiger partial charge in [-0.15, -0.1) is 0 Å². The molecule has 1 aliphatic rings. The SMILES string of the molecule is COC1(c2ccccc2CN)CCCCC1. The topological polar surface area (TPSA) is 35.2 Å². The monoisotopic (exact) mass is 219 g/mol. The molecule has 0 spiro atoms. The van der Waals surface area contributed by atoms with Crippen LogP contribution in [0.1, 0.15) is 43.2 Å². The van der Waals surface area contributed by atoms with Gasteiger partial charge >= 0.3 is 0 Å². The van der Waals surface area contributed by atoms with Gasteiger partial charge in [0.2, 0.25) is 0 Å². The van der Waals surface area contributed by atoms with E-state index in [1.165, 1.54) is 30.4 Å². The van der Waals surface area contributed by atoms with Gasteiger partial charge in [0, 0.05) is 13.7 Å². The largest absolute Gasteiger partial charge is 0.374 e. The van der Waals surface area contributed by atoms with Crippen LogP contribution in [0.15, 0.2) is 24.3 Å². The van der Waals surface area contributed by atoms with Gasteiger partial charge in [-0.05, 0) is 24.0 Å². The normalized spacial score (nSPS) is 19.6. The van der Waals surface area contributed by atoms with Crippen LogP contribution in [-0.4, -0.2) is 7.11 Å². The van der Waals surface area contributed by atoms with Crippen molar-refractivity contribution in [1.29, 1.82) is 0 Å². The summed E-state index contributed by atoms with van der Waals surface area (Å²) >= 11 is 0. The van der Waals surface area contributed by atoms with E-state index in [1.54, 1.807) is 0 Å². The molecule has 1 aromatic rings. The Morgan fingerprint density at radius 2 is 1.88 bits per heavy atom. The van der Waals surface area contributed by atoms with Crippen molar-refractivity contribution in [1.82, 2.24) is 0 Å². The molecule has 1 saturated carbocycles. The predicted molar refractivity (Wildman–Crippen MR) is 66.1 cm³/mol. The minimum atomic E-state index is -0.0752. The third kappa shape index (κ3) is 2.00. The molecule has 0 aliphatic heterocycles. The Kier molecular flexibility index (Phi) is 3.62. The molecule has 88 valence electrons. The summed E-state index contributed by atoms with van der Waals surface area (Å²) in [4.78, 5) is 0. The molecule has 0 unspecified atom stereocenters. The lowest BCUT2D eigenvalue weighted by molar-refractivity contribution is -0.0451. The molecule has 0 amide bonds. The van der Waals surface area contributed by atoms with Crippen molar-refractivity contribution in [3.63, 3.8) is 0 Å². The lowest BCUT2D eigenvalue weighted by atomic mass is 9.77. The maximum absolute atomic E-state index is 5.85. The molecule has 16 heavy (non-hydrogen) atoms. The first-order valence-corrected chi connectivity index (χ1v) is 6.16. The fraction of sp³-hybridized carbons (Fsp3) is 0.571. The van der Waals surface area contributed by atoms with Crippen LogP contribution >= 0.6 is 0 Å². The van der Waals surface area contributed by atoms with Crippen LogP contribution in [-0.2, 0) is 16.9 Å². The minimum Gasteiger partial charge on any atom is -0.374 e. The molecule has 0 heterocycles. The Morgan fingerprint density at radius 3 is 2.50 bits per heavy atom. The number of rotatable bonds is 3. The zero-order chi connectivity index (χ0) is 11.4. The van der Waals surface area contributed by atoms with Crippen molar-refractivity contribution in [2.45, 2.75) is 44.2 Å². The number of ether oxygens (including phenoxy) is 1. The van der Waals surface area contributed by atoms with Gasteiger partial charge in [0.1, 0.15) is 0 Å². The molecule has 0 saturated heterocycles. The smallest absolute Gasteiger partial charge is 0.0930 e. The highest BCUT2D eigenvalue weighted by Gasteiger charge is 2.34. The Morgan fingerprint density at radius 1 is 1.19 bits per heavy atom. The molecular weight excluding hydrogens is 198 g/mol. The zero-order valence-corrected chi connectivity index (χ0v) is 10.0. The molecule has 1 aliphatic carbocycles. The maximum Gasteiger partial charge on any atom is 0.0930 e. The van der Waals surface area contributed by atoms with E-state index < -0.39 is 0 Å². The van der Waals surface area contributed by atoms with Crippen LogP contribution in [0.4, 0.5) is 0 Å². The Labute approximate surface area is 97.8 Å². The highest BCUT2D eigenvalue weighted by atomic mass is 16.5. The van der Waals surface area contributed by atoms with Crippen molar-refractivity contribution in [2.75, 3.05) is 7.11 Å².